The van der Waals surface area contributed by atoms with E-state index in [9.17, 15) is 14.3 Å². The van der Waals surface area contributed by atoms with E-state index >= 15 is 0 Å². The van der Waals surface area contributed by atoms with Crippen LogP contribution in [0, 0.1) is 5.82 Å². The van der Waals surface area contributed by atoms with E-state index in [1.807, 2.05) is 0 Å². The topological polar surface area (TPSA) is 66.8 Å². The Morgan fingerprint density at radius 2 is 2.20 bits per heavy atom. The number of benzene rings is 1. The van der Waals surface area contributed by atoms with Gasteiger partial charge in [-0.2, -0.15) is 0 Å². The Morgan fingerprint density at radius 1 is 1.60 bits per heavy atom. The summed E-state index contributed by atoms with van der Waals surface area (Å²) in [6.07, 6.45) is -1.84. The highest BCUT2D eigenvalue weighted by atomic mass is 35.5. The molecule has 1 unspecified atom stereocenters. The molecule has 0 bridgehead atoms. The quantitative estimate of drug-likeness (QED) is 0.834. The maximum absolute atomic E-state index is 13.3. The number of hydrogen-bond donors (Lipinski definition) is 2. The second-order valence-electron chi connectivity index (χ2n) is 2.72. The van der Waals surface area contributed by atoms with Gasteiger partial charge in [-0.1, -0.05) is 17.7 Å². The molecule has 2 N–H and O–H groups in total. The predicted molar refractivity (Wildman–Crippen MR) is 50.6 cm³/mol. The largest absolute Gasteiger partial charge is 0.493 e. The minimum Gasteiger partial charge on any atom is -0.493 e. The van der Waals surface area contributed by atoms with Crippen molar-refractivity contribution in [3.63, 3.8) is 0 Å². The molecule has 6 heteroatoms. The van der Waals surface area contributed by atoms with E-state index in [0.717, 1.165) is 13.2 Å². The van der Waals surface area contributed by atoms with Crippen molar-refractivity contribution in [2.75, 3.05) is 7.11 Å². The first-order chi connectivity index (χ1) is 6.99. The lowest BCUT2D eigenvalue weighted by atomic mass is 10.1. The summed E-state index contributed by atoms with van der Waals surface area (Å²) < 4.78 is 18.0. The van der Waals surface area contributed by atoms with Crippen molar-refractivity contribution in [2.24, 2.45) is 0 Å². The third kappa shape index (κ3) is 2.19. The second kappa shape index (κ2) is 4.46. The van der Waals surface area contributed by atoms with Gasteiger partial charge in [-0.05, 0) is 6.07 Å². The van der Waals surface area contributed by atoms with Crippen LogP contribution in [-0.2, 0) is 4.79 Å². The molecule has 0 radical (unpaired) electrons. The number of aliphatic carboxylic acids is 1. The number of rotatable bonds is 3. The fourth-order valence-corrected chi connectivity index (χ4v) is 1.25. The van der Waals surface area contributed by atoms with Gasteiger partial charge in [0.05, 0.1) is 12.1 Å². The molecule has 82 valence electrons. The number of carbonyl (C=O) groups is 1. The smallest absolute Gasteiger partial charge is 0.337 e. The lowest BCUT2D eigenvalue weighted by Crippen LogP contribution is -2.12. The number of ether oxygens (including phenoxy) is 1. The summed E-state index contributed by atoms with van der Waals surface area (Å²) in [7, 11) is 1.16. The summed E-state index contributed by atoms with van der Waals surface area (Å²) in [6.45, 7) is 0. The number of aliphatic hydroxyl groups excluding tert-OH is 1. The molecule has 0 aromatic heterocycles. The van der Waals surface area contributed by atoms with Crippen molar-refractivity contribution in [2.45, 2.75) is 6.10 Å². The van der Waals surface area contributed by atoms with E-state index in [2.05, 4.69) is 4.74 Å². The Hall–Kier alpha value is -1.33. The maximum atomic E-state index is 13.3. The van der Waals surface area contributed by atoms with Crippen molar-refractivity contribution < 1.29 is 24.1 Å². The molecule has 0 aliphatic carbocycles. The van der Waals surface area contributed by atoms with Gasteiger partial charge in [-0.15, -0.1) is 0 Å². The Kier molecular flexibility index (Phi) is 3.49. The first kappa shape index (κ1) is 11.7. The Balaban J connectivity index is 3.30. The third-order valence-corrected chi connectivity index (χ3v) is 2.10. The minimum absolute atomic E-state index is 0.174. The molecule has 0 saturated carbocycles. The molecular weight excluding hydrogens is 227 g/mol. The van der Waals surface area contributed by atoms with Gasteiger partial charge >= 0.3 is 5.97 Å². The molecule has 1 aromatic carbocycles. The number of methoxy groups -OCH3 is 1. The summed E-state index contributed by atoms with van der Waals surface area (Å²) in [5.74, 6) is -2.75. The fourth-order valence-electron chi connectivity index (χ4n) is 1.10. The molecule has 1 rings (SSSR count). The number of carboxylic acids is 1. The number of carboxylic acid groups (broad SMARTS) is 1. The second-order valence-corrected chi connectivity index (χ2v) is 3.13. The lowest BCUT2D eigenvalue weighted by Gasteiger charge is -2.12. The minimum atomic E-state index is -1.84. The molecule has 0 amide bonds. The van der Waals surface area contributed by atoms with E-state index in [1.54, 1.807) is 0 Å². The molecule has 0 heterocycles. The van der Waals surface area contributed by atoms with E-state index in [-0.39, 0.29) is 16.3 Å². The summed E-state index contributed by atoms with van der Waals surface area (Å²) >= 11 is 5.46. The van der Waals surface area contributed by atoms with Crippen molar-refractivity contribution in [3.05, 3.63) is 28.5 Å². The zero-order valence-electron chi connectivity index (χ0n) is 7.70. The predicted octanol–water partition coefficient (Wildman–Crippen LogP) is 1.61. The molecule has 1 atom stereocenters. The number of halogens is 2. The standard InChI is InChI=1S/C9H8ClFO4/c1-15-8-4(7(12)9(13)14)2-3-5(10)6(8)11/h2-3,7,12H,1H3,(H,13,14). The molecule has 15 heavy (non-hydrogen) atoms. The highest BCUT2D eigenvalue weighted by Crippen LogP contribution is 2.32. The van der Waals surface area contributed by atoms with Crippen LogP contribution in [0.4, 0.5) is 4.39 Å². The van der Waals surface area contributed by atoms with Crippen LogP contribution in [0.1, 0.15) is 11.7 Å². The van der Waals surface area contributed by atoms with Crippen LogP contribution >= 0.6 is 11.6 Å². The van der Waals surface area contributed by atoms with Crippen molar-refractivity contribution in [1.82, 2.24) is 0 Å². The molecule has 0 saturated heterocycles. The van der Waals surface area contributed by atoms with Crippen LogP contribution in [0.15, 0.2) is 12.1 Å². The lowest BCUT2D eigenvalue weighted by molar-refractivity contribution is -0.147. The molecule has 0 fully saturated rings. The van der Waals surface area contributed by atoms with Crippen LogP contribution in [0.25, 0.3) is 0 Å². The van der Waals surface area contributed by atoms with Gasteiger partial charge in [0.1, 0.15) is 0 Å². The van der Waals surface area contributed by atoms with Gasteiger partial charge in [-0.3, -0.25) is 0 Å². The van der Waals surface area contributed by atoms with Crippen LogP contribution in [-0.4, -0.2) is 23.3 Å². The summed E-state index contributed by atoms with van der Waals surface area (Å²) in [5.41, 5.74) is -0.174. The van der Waals surface area contributed by atoms with E-state index in [1.165, 1.54) is 6.07 Å². The van der Waals surface area contributed by atoms with Crippen LogP contribution in [0.2, 0.25) is 5.02 Å². The van der Waals surface area contributed by atoms with Gasteiger partial charge in [0.2, 0.25) is 0 Å². The van der Waals surface area contributed by atoms with Crippen LogP contribution < -0.4 is 4.74 Å². The van der Waals surface area contributed by atoms with Gasteiger partial charge in [0.25, 0.3) is 0 Å². The van der Waals surface area contributed by atoms with Crippen molar-refractivity contribution in [3.8, 4) is 5.75 Å². The molecule has 0 aliphatic heterocycles. The fraction of sp³-hybridized carbons (Fsp3) is 0.222. The van der Waals surface area contributed by atoms with Gasteiger partial charge < -0.3 is 14.9 Å². The average molecular weight is 235 g/mol. The summed E-state index contributed by atoms with van der Waals surface area (Å²) in [4.78, 5) is 10.5. The van der Waals surface area contributed by atoms with Gasteiger partial charge in [0, 0.05) is 5.56 Å². The van der Waals surface area contributed by atoms with Gasteiger partial charge in [-0.25, -0.2) is 9.18 Å². The van der Waals surface area contributed by atoms with E-state index in [0.29, 0.717) is 0 Å². The van der Waals surface area contributed by atoms with Crippen molar-refractivity contribution in [1.29, 1.82) is 0 Å². The zero-order valence-corrected chi connectivity index (χ0v) is 8.45. The normalized spacial score (nSPS) is 12.3. The summed E-state index contributed by atoms with van der Waals surface area (Å²) in [6, 6.07) is 2.35. The molecule has 0 spiro atoms. The zero-order chi connectivity index (χ0) is 11.6. The molecular formula is C9H8ClFO4. The highest BCUT2D eigenvalue weighted by Gasteiger charge is 2.23. The van der Waals surface area contributed by atoms with Crippen LogP contribution in [0.5, 0.6) is 5.75 Å². The number of aliphatic hydroxyl groups is 1. The molecule has 4 nitrogen and oxygen atoms in total. The average Bonchev–Trinajstić information content (AvgIpc) is 2.20. The first-order valence-electron chi connectivity index (χ1n) is 3.91. The van der Waals surface area contributed by atoms with E-state index < -0.39 is 17.9 Å². The Labute approximate surface area is 89.9 Å². The highest BCUT2D eigenvalue weighted by molar-refractivity contribution is 6.30. The van der Waals surface area contributed by atoms with Gasteiger partial charge in [0.15, 0.2) is 17.7 Å². The maximum Gasteiger partial charge on any atom is 0.337 e. The Bertz CT molecular complexity index is 394. The van der Waals surface area contributed by atoms with Crippen molar-refractivity contribution >= 4 is 17.6 Å². The Morgan fingerprint density at radius 3 is 2.67 bits per heavy atom. The SMILES string of the molecule is COc1c(C(O)C(=O)O)ccc(Cl)c1F. The monoisotopic (exact) mass is 234 g/mol. The van der Waals surface area contributed by atoms with E-state index in [4.69, 9.17) is 16.7 Å². The molecule has 1 aromatic rings. The first-order valence-corrected chi connectivity index (χ1v) is 4.29. The number of hydrogen-bond acceptors (Lipinski definition) is 3. The third-order valence-electron chi connectivity index (χ3n) is 1.81. The summed E-state index contributed by atoms with van der Waals surface area (Å²) in [5, 5.41) is 17.6. The molecule has 0 aliphatic rings. The van der Waals surface area contributed by atoms with Crippen LogP contribution in [0.3, 0.4) is 0 Å².